The molecule has 94 valence electrons. The zero-order valence-corrected chi connectivity index (χ0v) is 10.8. The molecule has 2 heterocycles. The van der Waals surface area contributed by atoms with Crippen LogP contribution < -0.4 is 0 Å². The summed E-state index contributed by atoms with van der Waals surface area (Å²) in [5, 5.41) is 1.61. The summed E-state index contributed by atoms with van der Waals surface area (Å²) in [4.78, 5) is 15.0. The van der Waals surface area contributed by atoms with Crippen LogP contribution in [0.2, 0.25) is 5.02 Å². The lowest BCUT2D eigenvalue weighted by Crippen LogP contribution is -1.99. The predicted octanol–water partition coefficient (Wildman–Crippen LogP) is 3.55. The van der Waals surface area contributed by atoms with Crippen molar-refractivity contribution in [2.45, 2.75) is 6.54 Å². The van der Waals surface area contributed by atoms with E-state index in [1.807, 2.05) is 36.5 Å². The Kier molecular flexibility index (Phi) is 3.05. The Hall–Kier alpha value is -2.13. The average molecular weight is 271 g/mol. The number of aldehydes is 1. The molecule has 4 heteroatoms. The summed E-state index contributed by atoms with van der Waals surface area (Å²) >= 11 is 6.12. The van der Waals surface area contributed by atoms with Crippen LogP contribution in [0.4, 0.5) is 0 Å². The summed E-state index contributed by atoms with van der Waals surface area (Å²) in [7, 11) is 0. The van der Waals surface area contributed by atoms with Gasteiger partial charge in [-0.2, -0.15) is 0 Å². The van der Waals surface area contributed by atoms with Crippen LogP contribution in [0, 0.1) is 0 Å². The Labute approximate surface area is 115 Å². The summed E-state index contributed by atoms with van der Waals surface area (Å²) < 4.78 is 2.07. The summed E-state index contributed by atoms with van der Waals surface area (Å²) in [6.45, 7) is 0.660. The Morgan fingerprint density at radius 3 is 2.95 bits per heavy atom. The maximum atomic E-state index is 11.0. The van der Waals surface area contributed by atoms with Crippen LogP contribution in [0.3, 0.4) is 0 Å². The van der Waals surface area contributed by atoms with Crippen molar-refractivity contribution in [2.24, 2.45) is 0 Å². The first-order valence-corrected chi connectivity index (χ1v) is 6.29. The van der Waals surface area contributed by atoms with Gasteiger partial charge in [0.2, 0.25) is 0 Å². The predicted molar refractivity (Wildman–Crippen MR) is 75.7 cm³/mol. The SMILES string of the molecule is O=Cc1cccc2c1ccn2Cc1ccncc1Cl. The van der Waals surface area contributed by atoms with Crippen LogP contribution in [0.5, 0.6) is 0 Å². The van der Waals surface area contributed by atoms with E-state index in [2.05, 4.69) is 9.55 Å². The molecule has 19 heavy (non-hydrogen) atoms. The zero-order valence-electron chi connectivity index (χ0n) is 10.1. The zero-order chi connectivity index (χ0) is 13.2. The third kappa shape index (κ3) is 2.13. The van der Waals surface area contributed by atoms with E-state index in [4.69, 9.17) is 11.6 Å². The Morgan fingerprint density at radius 1 is 1.26 bits per heavy atom. The molecule has 0 aliphatic rings. The first kappa shape index (κ1) is 11.9. The minimum absolute atomic E-state index is 0.649. The van der Waals surface area contributed by atoms with E-state index < -0.39 is 0 Å². The molecule has 2 aromatic heterocycles. The number of carbonyl (C=O) groups excluding carboxylic acids is 1. The molecule has 0 N–H and O–H groups in total. The van der Waals surface area contributed by atoms with Gasteiger partial charge in [-0.25, -0.2) is 0 Å². The lowest BCUT2D eigenvalue weighted by molar-refractivity contribution is 0.112. The van der Waals surface area contributed by atoms with Crippen LogP contribution in [0.1, 0.15) is 15.9 Å². The van der Waals surface area contributed by atoms with Crippen LogP contribution in [0.15, 0.2) is 48.9 Å². The fraction of sp³-hybridized carbons (Fsp3) is 0.0667. The van der Waals surface area contributed by atoms with Crippen LogP contribution in [0.25, 0.3) is 10.9 Å². The molecule has 0 bridgehead atoms. The fourth-order valence-corrected chi connectivity index (χ4v) is 2.38. The molecule has 0 aliphatic carbocycles. The third-order valence-corrected chi connectivity index (χ3v) is 3.51. The van der Waals surface area contributed by atoms with E-state index in [0.29, 0.717) is 17.1 Å². The summed E-state index contributed by atoms with van der Waals surface area (Å²) in [6.07, 6.45) is 6.21. The first-order chi connectivity index (χ1) is 9.29. The van der Waals surface area contributed by atoms with Gasteiger partial charge in [-0.15, -0.1) is 0 Å². The van der Waals surface area contributed by atoms with Gasteiger partial charge in [0.25, 0.3) is 0 Å². The second kappa shape index (κ2) is 4.86. The molecule has 0 radical (unpaired) electrons. The van der Waals surface area contributed by atoms with Gasteiger partial charge < -0.3 is 4.57 Å². The number of benzene rings is 1. The van der Waals surface area contributed by atoms with Crippen LogP contribution in [-0.4, -0.2) is 15.8 Å². The number of nitrogens with zero attached hydrogens (tertiary/aromatic N) is 2. The summed E-state index contributed by atoms with van der Waals surface area (Å²) in [6, 6.07) is 9.55. The van der Waals surface area contributed by atoms with Crippen molar-refractivity contribution in [2.75, 3.05) is 0 Å². The van der Waals surface area contributed by atoms with Crippen molar-refractivity contribution >= 4 is 28.8 Å². The second-order valence-electron chi connectivity index (χ2n) is 4.31. The lowest BCUT2D eigenvalue weighted by atomic mass is 10.1. The van der Waals surface area contributed by atoms with Gasteiger partial charge in [-0.3, -0.25) is 9.78 Å². The number of aromatic nitrogens is 2. The number of hydrogen-bond donors (Lipinski definition) is 0. The maximum absolute atomic E-state index is 11.0. The number of pyridine rings is 1. The normalized spacial score (nSPS) is 10.8. The Balaban J connectivity index is 2.07. The van der Waals surface area contributed by atoms with Crippen LogP contribution >= 0.6 is 11.6 Å². The van der Waals surface area contributed by atoms with E-state index in [9.17, 15) is 4.79 Å². The minimum Gasteiger partial charge on any atom is -0.343 e. The molecule has 3 aromatic rings. The number of halogens is 1. The van der Waals surface area contributed by atoms with Gasteiger partial charge in [0.05, 0.1) is 5.02 Å². The topological polar surface area (TPSA) is 34.9 Å². The van der Waals surface area contributed by atoms with Gasteiger partial charge in [-0.1, -0.05) is 23.7 Å². The Morgan fingerprint density at radius 2 is 2.16 bits per heavy atom. The van der Waals surface area contributed by atoms with Crippen molar-refractivity contribution in [1.29, 1.82) is 0 Å². The molecular weight excluding hydrogens is 260 g/mol. The third-order valence-electron chi connectivity index (χ3n) is 3.17. The molecule has 0 saturated heterocycles. The largest absolute Gasteiger partial charge is 0.343 e. The quantitative estimate of drug-likeness (QED) is 0.682. The molecule has 0 amide bonds. The molecule has 0 saturated carbocycles. The molecule has 0 atom stereocenters. The molecule has 0 unspecified atom stereocenters. The van der Waals surface area contributed by atoms with Crippen molar-refractivity contribution in [1.82, 2.24) is 9.55 Å². The van der Waals surface area contributed by atoms with Gasteiger partial charge in [0, 0.05) is 41.6 Å². The number of carbonyl (C=O) groups is 1. The van der Waals surface area contributed by atoms with Gasteiger partial charge in [0.15, 0.2) is 6.29 Å². The summed E-state index contributed by atoms with van der Waals surface area (Å²) in [5.74, 6) is 0. The summed E-state index contributed by atoms with van der Waals surface area (Å²) in [5.41, 5.74) is 2.74. The molecule has 3 rings (SSSR count). The van der Waals surface area contributed by atoms with E-state index in [0.717, 1.165) is 22.8 Å². The van der Waals surface area contributed by atoms with Gasteiger partial charge >= 0.3 is 0 Å². The number of hydrogen-bond acceptors (Lipinski definition) is 2. The van der Waals surface area contributed by atoms with Crippen molar-refractivity contribution in [3.63, 3.8) is 0 Å². The molecule has 3 nitrogen and oxygen atoms in total. The van der Waals surface area contributed by atoms with Gasteiger partial charge in [0.1, 0.15) is 0 Å². The van der Waals surface area contributed by atoms with Crippen molar-refractivity contribution in [3.05, 3.63) is 65.1 Å². The first-order valence-electron chi connectivity index (χ1n) is 5.91. The molecule has 0 spiro atoms. The number of fused-ring (bicyclic) bond motifs is 1. The highest BCUT2D eigenvalue weighted by Gasteiger charge is 2.07. The minimum atomic E-state index is 0.649. The maximum Gasteiger partial charge on any atom is 0.150 e. The average Bonchev–Trinajstić information content (AvgIpc) is 2.84. The smallest absolute Gasteiger partial charge is 0.150 e. The monoisotopic (exact) mass is 270 g/mol. The van der Waals surface area contributed by atoms with Crippen LogP contribution in [-0.2, 0) is 6.54 Å². The highest BCUT2D eigenvalue weighted by molar-refractivity contribution is 6.31. The number of rotatable bonds is 3. The molecule has 1 aromatic carbocycles. The lowest BCUT2D eigenvalue weighted by Gasteiger charge is -2.07. The van der Waals surface area contributed by atoms with E-state index >= 15 is 0 Å². The molecular formula is C15H11ClN2O. The molecule has 0 aliphatic heterocycles. The van der Waals surface area contributed by atoms with E-state index in [1.54, 1.807) is 12.4 Å². The fourth-order valence-electron chi connectivity index (χ4n) is 2.20. The van der Waals surface area contributed by atoms with E-state index in [1.165, 1.54) is 0 Å². The Bertz CT molecular complexity index is 749. The van der Waals surface area contributed by atoms with Gasteiger partial charge in [-0.05, 0) is 23.8 Å². The van der Waals surface area contributed by atoms with Crippen molar-refractivity contribution < 1.29 is 4.79 Å². The standard InChI is InChI=1S/C15H11ClN2O/c16-14-8-17-6-4-11(14)9-18-7-5-13-12(10-19)2-1-3-15(13)18/h1-8,10H,9H2. The molecule has 0 fully saturated rings. The highest BCUT2D eigenvalue weighted by atomic mass is 35.5. The highest BCUT2D eigenvalue weighted by Crippen LogP contribution is 2.22. The van der Waals surface area contributed by atoms with E-state index in [-0.39, 0.29) is 0 Å². The second-order valence-corrected chi connectivity index (χ2v) is 4.72. The van der Waals surface area contributed by atoms with Crippen molar-refractivity contribution in [3.8, 4) is 0 Å².